The zero-order valence-electron chi connectivity index (χ0n) is 62.3. The van der Waals surface area contributed by atoms with E-state index in [1.807, 2.05) is 65.0 Å². The predicted octanol–water partition coefficient (Wildman–Crippen LogP) is 3.73. The fraction of sp³-hybridized carbons (Fsp3) is 0.685. The summed E-state index contributed by atoms with van der Waals surface area (Å²) in [6, 6.07) is 6.04. The van der Waals surface area contributed by atoms with E-state index in [0.29, 0.717) is 25.1 Å². The number of nitrogens with zero attached hydrogens (tertiary/aromatic N) is 8. The Hall–Kier alpha value is -7.51. The number of rotatable bonds is 15. The van der Waals surface area contributed by atoms with Crippen LogP contribution in [0.5, 0.6) is 0 Å². The molecule has 0 saturated carbocycles. The highest BCUT2D eigenvalue weighted by Crippen LogP contribution is 2.24. The largest absolute Gasteiger partial charge is 0.391 e. The zero-order chi connectivity index (χ0) is 73.8. The van der Waals surface area contributed by atoms with E-state index in [9.17, 15) is 33.9 Å². The molecule has 4 rings (SSSR count). The van der Waals surface area contributed by atoms with Gasteiger partial charge in [0.15, 0.2) is 0 Å². The molecule has 25 nitrogen and oxygen atoms in total. The number of aliphatic hydroxyl groups is 1. The lowest BCUT2D eigenvalue weighted by Crippen LogP contribution is -2.62. The monoisotopic (exact) mass is 1370 g/mol. The molecular weight excluding hydrogens is 1250 g/mol. The molecule has 0 aromatic heterocycles. The van der Waals surface area contributed by atoms with Gasteiger partial charge in [0.25, 0.3) is 0 Å². The molecule has 0 aliphatic carbocycles. The van der Waals surface area contributed by atoms with Gasteiger partial charge in [-0.25, -0.2) is 0 Å². The summed E-state index contributed by atoms with van der Waals surface area (Å²) in [5, 5.41) is 22.7. The first-order valence-electron chi connectivity index (χ1n) is 35.0. The molecule has 98 heavy (non-hydrogen) atoms. The van der Waals surface area contributed by atoms with Crippen LogP contribution in [0.4, 0.5) is 0 Å². The Balaban J connectivity index is 1.95. The highest BCUT2D eigenvalue weighted by molar-refractivity contribution is 5.99. The summed E-state index contributed by atoms with van der Waals surface area (Å²) in [6.45, 7) is 22.9. The van der Waals surface area contributed by atoms with Crippen LogP contribution in [0.3, 0.4) is 0 Å². The molecule has 25 heteroatoms. The van der Waals surface area contributed by atoms with E-state index >= 15 is 24.0 Å². The van der Waals surface area contributed by atoms with Crippen LogP contribution in [-0.4, -0.2) is 264 Å². The molecule has 5 N–H and O–H groups in total. The number of likely N-dealkylation sites (tertiary alicyclic amines) is 1. The van der Waals surface area contributed by atoms with Gasteiger partial charge in [-0.2, -0.15) is 0 Å². The standard InChI is InChI=1S/C73H118N12O13/c1-21-48(8)63-67(92)76-55(44-98-73(11,12)13)69(94)82(18)58(40-52-33-27-23-28-34-52)71(96)84(20)62(47(6)7)66(91)75-54(70(95)85-35-29-24-30-36-85)41-59(87)80(16)49(9)42-78(14)56(39-51-31-25-22-26-32-51)64(89)74-53(37-45(2)3)68(93)81(17)57(38-46(4)5)65(90)77-61(50(10)86)72(97)79(15)43-60(88)83(63)19/h22-23,25-28,31-34,45-50,53-58,61-63,86H,21,24,29-30,35-44H2,1-20H3,(H,74,89)(H,75,91)(H,76,92)(H,77,90)/t48-,49-,50+,53-,54?,55-,56-,57-,58-,61-,62-,63-/m0/s1. The minimum absolute atomic E-state index is 0.0477. The maximum Gasteiger partial charge on any atom is 0.248 e. The Morgan fingerprint density at radius 2 is 1.06 bits per heavy atom. The lowest BCUT2D eigenvalue weighted by Gasteiger charge is -2.39. The maximum absolute atomic E-state index is 15.5. The van der Waals surface area contributed by atoms with E-state index in [4.69, 9.17) is 4.74 Å². The number of aliphatic hydroxyl groups excluding tert-OH is 1. The molecular formula is C73H118N12O13. The van der Waals surface area contributed by atoms with Crippen molar-refractivity contribution in [2.45, 2.75) is 220 Å². The third kappa shape index (κ3) is 23.9. The number of amides is 11. The van der Waals surface area contributed by atoms with Crippen molar-refractivity contribution in [1.82, 2.24) is 60.5 Å². The molecule has 0 radical (unpaired) electrons. The van der Waals surface area contributed by atoms with Crippen LogP contribution in [0, 0.1) is 23.7 Å². The summed E-state index contributed by atoms with van der Waals surface area (Å²) >= 11 is 0. The smallest absolute Gasteiger partial charge is 0.248 e. The summed E-state index contributed by atoms with van der Waals surface area (Å²) < 4.78 is 6.20. The first kappa shape index (κ1) is 82.9. The lowest BCUT2D eigenvalue weighted by molar-refractivity contribution is -0.152. The average Bonchev–Trinajstić information content (AvgIpc) is 0.815. The van der Waals surface area contributed by atoms with Crippen LogP contribution in [0.25, 0.3) is 0 Å². The molecule has 2 aromatic rings. The zero-order valence-corrected chi connectivity index (χ0v) is 62.3. The third-order valence-electron chi connectivity index (χ3n) is 18.9. The summed E-state index contributed by atoms with van der Waals surface area (Å²) in [4.78, 5) is 175. The van der Waals surface area contributed by atoms with Crippen LogP contribution in [0.15, 0.2) is 60.7 Å². The fourth-order valence-corrected chi connectivity index (χ4v) is 12.7. The van der Waals surface area contributed by atoms with Crippen molar-refractivity contribution in [3.63, 3.8) is 0 Å². The van der Waals surface area contributed by atoms with Crippen LogP contribution in [-0.2, 0) is 70.3 Å². The topological polar surface area (TPSA) is 291 Å². The third-order valence-corrected chi connectivity index (χ3v) is 18.9. The van der Waals surface area contributed by atoms with Gasteiger partial charge in [0.05, 0.1) is 37.3 Å². The Kier molecular flexibility index (Phi) is 32.3. The molecule has 548 valence electrons. The lowest BCUT2D eigenvalue weighted by atomic mass is 9.96. The highest BCUT2D eigenvalue weighted by atomic mass is 16.5. The van der Waals surface area contributed by atoms with Crippen molar-refractivity contribution in [2.75, 3.05) is 82.1 Å². The van der Waals surface area contributed by atoms with Gasteiger partial charge in [-0.3, -0.25) is 57.6 Å². The van der Waals surface area contributed by atoms with E-state index in [0.717, 1.165) is 29.7 Å². The normalized spacial score (nSPS) is 25.9. The van der Waals surface area contributed by atoms with E-state index in [-0.39, 0.29) is 50.7 Å². The van der Waals surface area contributed by atoms with E-state index in [2.05, 4.69) is 21.3 Å². The minimum atomic E-state index is -1.63. The number of likely N-dealkylation sites (N-methyl/N-ethyl adjacent to an activating group) is 7. The molecule has 12 atom stereocenters. The van der Waals surface area contributed by atoms with Gasteiger partial charge in [-0.05, 0) is 115 Å². The highest BCUT2D eigenvalue weighted by Gasteiger charge is 2.44. The second-order valence-corrected chi connectivity index (χ2v) is 29.5. The van der Waals surface area contributed by atoms with Crippen molar-refractivity contribution in [1.29, 1.82) is 0 Å². The molecule has 2 heterocycles. The molecule has 11 amide bonds. The second kappa shape index (κ2) is 38.2. The Bertz CT molecular complexity index is 2990. The number of ether oxygens (including phenoxy) is 1. The van der Waals surface area contributed by atoms with Crippen LogP contribution in [0.1, 0.15) is 146 Å². The van der Waals surface area contributed by atoms with Crippen LogP contribution >= 0.6 is 0 Å². The van der Waals surface area contributed by atoms with Gasteiger partial charge in [0.2, 0.25) is 65.0 Å². The summed E-state index contributed by atoms with van der Waals surface area (Å²) in [5.41, 5.74) is 0.620. The predicted molar refractivity (Wildman–Crippen MR) is 376 cm³/mol. The van der Waals surface area contributed by atoms with Crippen molar-refractivity contribution >= 4 is 65.0 Å². The Morgan fingerprint density at radius 3 is 1.57 bits per heavy atom. The molecule has 1 unspecified atom stereocenters. The van der Waals surface area contributed by atoms with Crippen molar-refractivity contribution in [3.05, 3.63) is 71.8 Å². The molecule has 2 aliphatic rings. The quantitative estimate of drug-likeness (QED) is 0.170. The van der Waals surface area contributed by atoms with Gasteiger partial charge in [-0.1, -0.05) is 122 Å². The number of hydrogen-bond donors (Lipinski definition) is 5. The van der Waals surface area contributed by atoms with Gasteiger partial charge in [0, 0.05) is 74.4 Å². The summed E-state index contributed by atoms with van der Waals surface area (Å²) in [7, 11) is 10.3. The molecule has 0 spiro atoms. The average molecular weight is 1370 g/mol. The van der Waals surface area contributed by atoms with Gasteiger partial charge in [0.1, 0.15) is 48.3 Å². The van der Waals surface area contributed by atoms with Crippen molar-refractivity contribution in [3.8, 4) is 0 Å². The molecule has 0 bridgehead atoms. The van der Waals surface area contributed by atoms with Crippen molar-refractivity contribution in [2.24, 2.45) is 23.7 Å². The van der Waals surface area contributed by atoms with E-state index in [1.165, 1.54) is 66.7 Å². The van der Waals surface area contributed by atoms with Crippen LogP contribution < -0.4 is 21.3 Å². The Morgan fingerprint density at radius 1 is 0.561 bits per heavy atom. The number of benzene rings is 2. The number of carbonyl (C=O) groups excluding carboxylic acids is 11. The molecule has 2 fully saturated rings. The number of carbonyl (C=O) groups is 11. The van der Waals surface area contributed by atoms with Gasteiger partial charge in [-0.15, -0.1) is 0 Å². The van der Waals surface area contributed by atoms with E-state index in [1.54, 1.807) is 103 Å². The van der Waals surface area contributed by atoms with Gasteiger partial charge < -0.3 is 65.4 Å². The molecule has 2 aromatic carbocycles. The van der Waals surface area contributed by atoms with Crippen LogP contribution in [0.2, 0.25) is 0 Å². The van der Waals surface area contributed by atoms with E-state index < -0.39 is 162 Å². The molecule has 2 saturated heterocycles. The first-order valence-corrected chi connectivity index (χ1v) is 35.0. The number of hydrogen-bond acceptors (Lipinski definition) is 14. The summed E-state index contributed by atoms with van der Waals surface area (Å²) in [6.07, 6.45) is 1.12. The fourth-order valence-electron chi connectivity index (χ4n) is 12.7. The summed E-state index contributed by atoms with van der Waals surface area (Å²) in [5.74, 6) is -8.76. The molecule has 2 aliphatic heterocycles. The van der Waals surface area contributed by atoms with Gasteiger partial charge >= 0.3 is 0 Å². The second-order valence-electron chi connectivity index (χ2n) is 29.5. The SMILES string of the molecule is CC[C@H](C)[C@H]1C(=O)N[C@@H](COC(C)(C)C)C(=O)N(C)[C@@H](Cc2ccccc2)C(=O)N(C)[C@@H](C(C)C)C(=O)NC(C(=O)N2CCCCC2)CC(=O)N(C)[C@@H](C)CN(C)[C@@H](Cc2ccccc2)C(=O)N[C@@H](CC(C)C)C(=O)N(C)[C@@H](CC(C)C)C(=O)N[C@@H]([C@@H](C)O)C(=O)N(C)CC(=O)N1C. The maximum atomic E-state index is 15.5. The number of piperidine rings is 1. The minimum Gasteiger partial charge on any atom is -0.391 e. The number of nitrogens with one attached hydrogen (secondary N) is 4. The Labute approximate surface area is 583 Å². The van der Waals surface area contributed by atoms with Crippen molar-refractivity contribution < 1.29 is 62.6 Å². The first-order chi connectivity index (χ1) is 45.8.